The Kier molecular flexibility index (Phi) is 57.5. The molecule has 0 radical (unpaired) electrons. The number of nitrogens with zero attached hydrogens (tertiary/aromatic N) is 1. The second-order valence-electron chi connectivity index (χ2n) is 23.8. The van der Waals surface area contributed by atoms with Gasteiger partial charge in [-0.25, -0.2) is 0 Å². The zero-order valence-electron chi connectivity index (χ0n) is 51.7. The number of aliphatic hydroxyl groups is 1. The number of carbonyl (C=O) groups is 1. The van der Waals surface area contributed by atoms with E-state index in [4.69, 9.17) is 9.05 Å². The Labute approximate surface area is 479 Å². The Balaban J connectivity index is 3.86. The molecule has 1 amide bonds. The maximum atomic E-state index is 13.0. The fourth-order valence-corrected chi connectivity index (χ4v) is 10.5. The predicted octanol–water partition coefficient (Wildman–Crippen LogP) is 20.2. The van der Waals surface area contributed by atoms with Crippen LogP contribution < -0.4 is 10.2 Å². The second kappa shape index (κ2) is 58.8. The van der Waals surface area contributed by atoms with Crippen LogP contribution in [0.25, 0.3) is 0 Å². The topological polar surface area (TPSA) is 108 Å². The molecule has 0 aliphatic heterocycles. The molecule has 9 heteroatoms. The molecule has 0 fully saturated rings. The number of unbranched alkanes of at least 4 members (excludes halogenated alkanes) is 40. The van der Waals surface area contributed by atoms with E-state index in [-0.39, 0.29) is 12.5 Å². The molecule has 8 nitrogen and oxygen atoms in total. The van der Waals surface area contributed by atoms with Gasteiger partial charge in [-0.15, -0.1) is 0 Å². The van der Waals surface area contributed by atoms with Crippen LogP contribution in [0.4, 0.5) is 0 Å². The van der Waals surface area contributed by atoms with Crippen molar-refractivity contribution in [3.05, 3.63) is 60.8 Å². The summed E-state index contributed by atoms with van der Waals surface area (Å²) in [6.45, 7) is 4.61. The number of likely N-dealkylation sites (N-methyl/N-ethyl adjacent to an activating group) is 1. The van der Waals surface area contributed by atoms with Crippen molar-refractivity contribution >= 4 is 13.7 Å². The van der Waals surface area contributed by atoms with Crippen molar-refractivity contribution in [1.29, 1.82) is 0 Å². The number of quaternary nitrogens is 1. The van der Waals surface area contributed by atoms with Gasteiger partial charge in [0, 0.05) is 6.42 Å². The van der Waals surface area contributed by atoms with Crippen molar-refractivity contribution in [2.24, 2.45) is 0 Å². The van der Waals surface area contributed by atoms with Gasteiger partial charge in [0.2, 0.25) is 5.91 Å². The molecule has 0 aromatic heterocycles. The molecule has 0 heterocycles. The highest BCUT2D eigenvalue weighted by atomic mass is 31.2. The average molecular weight is 1100 g/mol. The lowest BCUT2D eigenvalue weighted by Gasteiger charge is -2.29. The first kappa shape index (κ1) is 75.2. The molecule has 0 aliphatic carbocycles. The fourth-order valence-electron chi connectivity index (χ4n) is 9.75. The van der Waals surface area contributed by atoms with Gasteiger partial charge < -0.3 is 28.8 Å². The Morgan fingerprint density at radius 2 is 0.766 bits per heavy atom. The highest BCUT2D eigenvalue weighted by Crippen LogP contribution is 2.38. The molecule has 0 saturated heterocycles. The summed E-state index contributed by atoms with van der Waals surface area (Å²) < 4.78 is 23.3. The zero-order chi connectivity index (χ0) is 56.3. The first-order valence-electron chi connectivity index (χ1n) is 33.2. The molecule has 3 atom stereocenters. The molecule has 0 saturated carbocycles. The van der Waals surface area contributed by atoms with Gasteiger partial charge >= 0.3 is 0 Å². The van der Waals surface area contributed by atoms with Crippen molar-refractivity contribution < 1.29 is 32.9 Å². The summed E-state index contributed by atoms with van der Waals surface area (Å²) in [6.07, 6.45) is 80.8. The van der Waals surface area contributed by atoms with E-state index in [1.54, 1.807) is 6.08 Å². The lowest BCUT2D eigenvalue weighted by molar-refractivity contribution is -0.870. The van der Waals surface area contributed by atoms with Gasteiger partial charge in [-0.2, -0.15) is 0 Å². The van der Waals surface area contributed by atoms with E-state index in [0.29, 0.717) is 17.4 Å². The number of phosphoric ester groups is 1. The number of hydrogen-bond donors (Lipinski definition) is 2. The molecule has 0 bridgehead atoms. The van der Waals surface area contributed by atoms with Crippen LogP contribution in [0.15, 0.2) is 60.8 Å². The van der Waals surface area contributed by atoms with E-state index in [0.717, 1.165) is 57.8 Å². The number of carbonyl (C=O) groups excluding carboxylic acids is 1. The maximum absolute atomic E-state index is 13.0. The quantitative estimate of drug-likeness (QED) is 0.0272. The van der Waals surface area contributed by atoms with Crippen molar-refractivity contribution in [2.75, 3.05) is 40.9 Å². The van der Waals surface area contributed by atoms with Crippen LogP contribution >= 0.6 is 7.82 Å². The van der Waals surface area contributed by atoms with Gasteiger partial charge in [-0.05, 0) is 77.0 Å². The summed E-state index contributed by atoms with van der Waals surface area (Å²) in [5.74, 6) is -0.208. The van der Waals surface area contributed by atoms with Crippen molar-refractivity contribution in [1.82, 2.24) is 5.32 Å². The largest absolute Gasteiger partial charge is 0.756 e. The summed E-state index contributed by atoms with van der Waals surface area (Å²) in [5, 5.41) is 13.8. The summed E-state index contributed by atoms with van der Waals surface area (Å²) in [5.41, 5.74) is 0. The number of amides is 1. The first-order chi connectivity index (χ1) is 37.5. The van der Waals surface area contributed by atoms with E-state index >= 15 is 0 Å². The van der Waals surface area contributed by atoms with Crippen LogP contribution in [0.2, 0.25) is 0 Å². The lowest BCUT2D eigenvalue weighted by Crippen LogP contribution is -2.45. The number of allylic oxidation sites excluding steroid dienone is 9. The molecule has 0 aliphatic rings. The van der Waals surface area contributed by atoms with E-state index < -0.39 is 26.6 Å². The Morgan fingerprint density at radius 3 is 1.14 bits per heavy atom. The third-order valence-electron chi connectivity index (χ3n) is 14.9. The van der Waals surface area contributed by atoms with Crippen LogP contribution in [-0.2, 0) is 18.4 Å². The molecule has 3 unspecified atom stereocenters. The van der Waals surface area contributed by atoms with Crippen molar-refractivity contribution in [2.45, 2.75) is 328 Å². The number of aliphatic hydroxyl groups excluding tert-OH is 1. The van der Waals surface area contributed by atoms with Crippen LogP contribution in [0.1, 0.15) is 316 Å². The van der Waals surface area contributed by atoms with Crippen LogP contribution in [0.5, 0.6) is 0 Å². The lowest BCUT2D eigenvalue weighted by atomic mass is 10.0. The monoisotopic (exact) mass is 1100 g/mol. The SMILES string of the molecule is CCCCCC/C=C/CC/C=C/CC/C=C/C(O)C(COP(=O)([O-])OCC[N+](C)(C)C)NC(=O)CCCCCCCCCCCCCCCCCCCCCCCCCCCCCCC/C=C\C/C=C\CCCCCCC. The first-order valence-corrected chi connectivity index (χ1v) is 34.6. The van der Waals surface area contributed by atoms with Crippen molar-refractivity contribution in [3.63, 3.8) is 0 Å². The van der Waals surface area contributed by atoms with Crippen LogP contribution in [0.3, 0.4) is 0 Å². The molecule has 0 rings (SSSR count). The minimum atomic E-state index is -4.61. The Morgan fingerprint density at radius 1 is 0.455 bits per heavy atom. The summed E-state index contributed by atoms with van der Waals surface area (Å²) in [7, 11) is 1.24. The summed E-state index contributed by atoms with van der Waals surface area (Å²) >= 11 is 0. The minimum Gasteiger partial charge on any atom is -0.756 e. The van der Waals surface area contributed by atoms with Crippen LogP contribution in [0, 0.1) is 0 Å². The van der Waals surface area contributed by atoms with Gasteiger partial charge in [0.1, 0.15) is 13.2 Å². The van der Waals surface area contributed by atoms with Gasteiger partial charge in [-0.1, -0.05) is 293 Å². The molecular weight excluding hydrogens is 972 g/mol. The molecule has 0 spiro atoms. The molecule has 77 heavy (non-hydrogen) atoms. The predicted molar refractivity (Wildman–Crippen MR) is 334 cm³/mol. The van der Waals surface area contributed by atoms with E-state index in [1.807, 2.05) is 27.2 Å². The number of phosphoric acid groups is 1. The summed E-state index contributed by atoms with van der Waals surface area (Å²) in [4.78, 5) is 25.5. The van der Waals surface area contributed by atoms with Gasteiger partial charge in [0.05, 0.1) is 39.9 Å². The molecule has 0 aromatic carbocycles. The number of rotatable bonds is 61. The summed E-state index contributed by atoms with van der Waals surface area (Å²) in [6, 6.07) is -0.909. The second-order valence-corrected chi connectivity index (χ2v) is 25.2. The third-order valence-corrected chi connectivity index (χ3v) is 15.9. The number of hydrogen-bond acceptors (Lipinski definition) is 6. The Bertz CT molecular complexity index is 1440. The third kappa shape index (κ3) is 61.7. The molecule has 452 valence electrons. The van der Waals surface area contributed by atoms with E-state index in [2.05, 4.69) is 67.8 Å². The van der Waals surface area contributed by atoms with Gasteiger partial charge in [-0.3, -0.25) is 9.36 Å². The molecule has 0 aromatic rings. The van der Waals surface area contributed by atoms with E-state index in [1.165, 1.54) is 238 Å². The normalized spacial score (nSPS) is 14.1. The maximum Gasteiger partial charge on any atom is 0.268 e. The molecule has 2 N–H and O–H groups in total. The Hall–Kier alpha value is -1.80. The highest BCUT2D eigenvalue weighted by Gasteiger charge is 2.23. The minimum absolute atomic E-state index is 0.00866. The van der Waals surface area contributed by atoms with Crippen LogP contribution in [-0.4, -0.2) is 68.5 Å². The standard InChI is InChI=1S/C68H129N2O6P/c1-6-8-10-12-14-16-18-20-22-23-24-25-26-27-28-29-30-31-32-33-34-35-36-37-38-39-40-41-42-43-44-45-46-47-48-50-52-54-56-58-60-62-68(72)69-66(65-76-77(73,74)75-64-63-70(3,4)5)67(71)61-59-57-55-53-51-49-21-19-17-15-13-11-9-7-2/h17-20,23-24,51,53,59,61,66-67,71H,6-16,21-22,25-50,52,54-58,60,62-65H2,1-5H3,(H-,69,72,73,74)/b19-17+,20-18-,24-23-,53-51+,61-59+. The van der Waals surface area contributed by atoms with Crippen molar-refractivity contribution in [3.8, 4) is 0 Å². The highest BCUT2D eigenvalue weighted by molar-refractivity contribution is 7.45. The zero-order valence-corrected chi connectivity index (χ0v) is 52.6. The van der Waals surface area contributed by atoms with Gasteiger partial charge in [0.25, 0.3) is 7.82 Å². The van der Waals surface area contributed by atoms with E-state index in [9.17, 15) is 19.4 Å². The fraction of sp³-hybridized carbons (Fsp3) is 0.838. The molecular formula is C68H129N2O6P. The average Bonchev–Trinajstić information content (AvgIpc) is 3.39. The smallest absolute Gasteiger partial charge is 0.268 e. The van der Waals surface area contributed by atoms with Gasteiger partial charge in [0.15, 0.2) is 0 Å². The number of nitrogens with one attached hydrogen (secondary N) is 1.